The number of amides is 1. The van der Waals surface area contributed by atoms with Crippen LogP contribution in [0.15, 0.2) is 47.6 Å². The van der Waals surface area contributed by atoms with Crippen molar-refractivity contribution in [3.05, 3.63) is 74.8 Å². The third kappa shape index (κ3) is 4.04. The van der Waals surface area contributed by atoms with Gasteiger partial charge in [-0.25, -0.2) is 5.43 Å². The maximum Gasteiger partial charge on any atom is 0.272 e. The summed E-state index contributed by atoms with van der Waals surface area (Å²) in [6.45, 7) is 5.56. The smallest absolute Gasteiger partial charge is 0.267 e. The summed E-state index contributed by atoms with van der Waals surface area (Å²) in [6.07, 6.45) is 0.669. The fraction of sp³-hybridized carbons (Fsp3) is 0.222. The van der Waals surface area contributed by atoms with Crippen molar-refractivity contribution < 1.29 is 9.72 Å². The van der Waals surface area contributed by atoms with Gasteiger partial charge in [0, 0.05) is 17.2 Å². The molecule has 0 aliphatic rings. The van der Waals surface area contributed by atoms with Gasteiger partial charge < -0.3 is 0 Å². The molecule has 0 aliphatic heterocycles. The predicted molar refractivity (Wildman–Crippen MR) is 93.3 cm³/mol. The van der Waals surface area contributed by atoms with Gasteiger partial charge in [0.05, 0.1) is 10.6 Å². The first-order valence-corrected chi connectivity index (χ1v) is 7.61. The highest BCUT2D eigenvalue weighted by atomic mass is 16.6. The summed E-state index contributed by atoms with van der Waals surface area (Å²) in [6, 6.07) is 12.1. The molecule has 0 aromatic heterocycles. The first kappa shape index (κ1) is 17.3. The van der Waals surface area contributed by atoms with E-state index >= 15 is 0 Å². The van der Waals surface area contributed by atoms with Crippen LogP contribution >= 0.6 is 0 Å². The zero-order valence-electron chi connectivity index (χ0n) is 13.9. The van der Waals surface area contributed by atoms with Crippen LogP contribution < -0.4 is 5.43 Å². The molecular weight excluding hydrogens is 306 g/mol. The molecule has 2 rings (SSSR count). The number of carbonyl (C=O) groups is 1. The number of hydrogen-bond acceptors (Lipinski definition) is 4. The molecule has 0 radical (unpaired) electrons. The van der Waals surface area contributed by atoms with Gasteiger partial charge in [0.15, 0.2) is 0 Å². The maximum absolute atomic E-state index is 12.2. The van der Waals surface area contributed by atoms with Crippen molar-refractivity contribution in [1.82, 2.24) is 5.43 Å². The van der Waals surface area contributed by atoms with Crippen molar-refractivity contribution in [2.75, 3.05) is 0 Å². The van der Waals surface area contributed by atoms with Gasteiger partial charge in [-0.3, -0.25) is 14.9 Å². The molecule has 0 spiro atoms. The van der Waals surface area contributed by atoms with Gasteiger partial charge >= 0.3 is 0 Å². The monoisotopic (exact) mass is 325 g/mol. The van der Waals surface area contributed by atoms with Crippen LogP contribution in [0.3, 0.4) is 0 Å². The van der Waals surface area contributed by atoms with Crippen LogP contribution in [0.1, 0.15) is 40.4 Å². The van der Waals surface area contributed by atoms with E-state index in [1.807, 2.05) is 38.1 Å². The van der Waals surface area contributed by atoms with Gasteiger partial charge in [-0.05, 0) is 38.0 Å². The Morgan fingerprint density at radius 2 is 1.75 bits per heavy atom. The van der Waals surface area contributed by atoms with Gasteiger partial charge in [0.2, 0.25) is 0 Å². The highest BCUT2D eigenvalue weighted by Crippen LogP contribution is 2.18. The predicted octanol–water partition coefficient (Wildman–Crippen LogP) is 3.76. The van der Waals surface area contributed by atoms with Crippen molar-refractivity contribution in [3.8, 4) is 0 Å². The molecule has 2 aromatic rings. The second-order valence-electron chi connectivity index (χ2n) is 5.48. The van der Waals surface area contributed by atoms with Crippen LogP contribution in [0.2, 0.25) is 0 Å². The highest BCUT2D eigenvalue weighted by molar-refractivity contribution is 6.02. The van der Waals surface area contributed by atoms with Crippen LogP contribution in [0.4, 0.5) is 5.69 Å². The number of benzene rings is 2. The number of nitro benzene ring substituents is 1. The summed E-state index contributed by atoms with van der Waals surface area (Å²) in [5, 5.41) is 15.0. The molecule has 0 saturated heterocycles. The Bertz CT molecular complexity index is 796. The molecule has 2 aromatic carbocycles. The minimum Gasteiger partial charge on any atom is -0.267 e. The molecule has 6 nitrogen and oxygen atoms in total. The number of aryl methyl sites for hydroxylation is 2. The van der Waals surface area contributed by atoms with Crippen LogP contribution in [0.25, 0.3) is 0 Å². The summed E-state index contributed by atoms with van der Waals surface area (Å²) in [4.78, 5) is 22.5. The van der Waals surface area contributed by atoms with E-state index in [1.54, 1.807) is 6.92 Å². The SMILES string of the molecule is CC/C(=N\NC(=O)c1ccc([N+](=O)[O-])c(C)c1)c1ccc(C)cc1. The lowest BCUT2D eigenvalue weighted by atomic mass is 10.1. The molecule has 0 atom stereocenters. The quantitative estimate of drug-likeness (QED) is 0.516. The molecule has 0 unspecified atom stereocenters. The first-order chi connectivity index (χ1) is 11.4. The van der Waals surface area contributed by atoms with E-state index in [4.69, 9.17) is 0 Å². The molecule has 0 bridgehead atoms. The van der Waals surface area contributed by atoms with Crippen molar-refractivity contribution in [1.29, 1.82) is 0 Å². The fourth-order valence-corrected chi connectivity index (χ4v) is 2.28. The van der Waals surface area contributed by atoms with Gasteiger partial charge in [-0.1, -0.05) is 36.8 Å². The van der Waals surface area contributed by atoms with E-state index in [0.717, 1.165) is 16.8 Å². The molecule has 1 amide bonds. The van der Waals surface area contributed by atoms with Crippen molar-refractivity contribution in [2.45, 2.75) is 27.2 Å². The molecular formula is C18H19N3O3. The number of hydrogen-bond donors (Lipinski definition) is 1. The molecule has 6 heteroatoms. The Hall–Kier alpha value is -3.02. The van der Waals surface area contributed by atoms with E-state index in [1.165, 1.54) is 18.2 Å². The van der Waals surface area contributed by atoms with Gasteiger partial charge in [-0.15, -0.1) is 0 Å². The van der Waals surface area contributed by atoms with E-state index in [2.05, 4.69) is 10.5 Å². The summed E-state index contributed by atoms with van der Waals surface area (Å²) in [5.74, 6) is -0.397. The van der Waals surface area contributed by atoms with Crippen LogP contribution in [-0.2, 0) is 0 Å². The second-order valence-corrected chi connectivity index (χ2v) is 5.48. The third-order valence-corrected chi connectivity index (χ3v) is 3.67. The van der Waals surface area contributed by atoms with E-state index in [0.29, 0.717) is 17.5 Å². The third-order valence-electron chi connectivity index (χ3n) is 3.67. The lowest BCUT2D eigenvalue weighted by molar-refractivity contribution is -0.385. The summed E-state index contributed by atoms with van der Waals surface area (Å²) in [7, 11) is 0. The number of rotatable bonds is 5. The number of nitro groups is 1. The van der Waals surface area contributed by atoms with Crippen LogP contribution in [0, 0.1) is 24.0 Å². The summed E-state index contributed by atoms with van der Waals surface area (Å²) >= 11 is 0. The van der Waals surface area contributed by atoms with Crippen molar-refractivity contribution in [3.63, 3.8) is 0 Å². The lowest BCUT2D eigenvalue weighted by Gasteiger charge is -2.06. The molecule has 0 heterocycles. The Morgan fingerprint density at radius 1 is 1.12 bits per heavy atom. The van der Waals surface area contributed by atoms with E-state index < -0.39 is 10.8 Å². The molecule has 0 saturated carbocycles. The molecule has 0 fully saturated rings. The normalized spacial score (nSPS) is 11.2. The fourth-order valence-electron chi connectivity index (χ4n) is 2.28. The number of carbonyl (C=O) groups excluding carboxylic acids is 1. The summed E-state index contributed by atoms with van der Waals surface area (Å²) < 4.78 is 0. The Labute approximate surface area is 140 Å². The van der Waals surface area contributed by atoms with Gasteiger partial charge in [0.1, 0.15) is 0 Å². The number of hydrazone groups is 1. The van der Waals surface area contributed by atoms with E-state index in [-0.39, 0.29) is 5.69 Å². The summed E-state index contributed by atoms with van der Waals surface area (Å²) in [5.41, 5.74) is 6.14. The largest absolute Gasteiger partial charge is 0.272 e. The van der Waals surface area contributed by atoms with Crippen molar-refractivity contribution >= 4 is 17.3 Å². The van der Waals surface area contributed by atoms with Gasteiger partial charge in [-0.2, -0.15) is 5.10 Å². The molecule has 124 valence electrons. The van der Waals surface area contributed by atoms with Crippen LogP contribution in [0.5, 0.6) is 0 Å². The Balaban J connectivity index is 2.17. The van der Waals surface area contributed by atoms with E-state index in [9.17, 15) is 14.9 Å². The first-order valence-electron chi connectivity index (χ1n) is 7.61. The van der Waals surface area contributed by atoms with Gasteiger partial charge in [0.25, 0.3) is 11.6 Å². The Kier molecular flexibility index (Phi) is 5.42. The van der Waals surface area contributed by atoms with Crippen molar-refractivity contribution in [2.24, 2.45) is 5.10 Å². The number of nitrogens with zero attached hydrogens (tertiary/aromatic N) is 2. The topological polar surface area (TPSA) is 84.6 Å². The maximum atomic E-state index is 12.2. The zero-order valence-corrected chi connectivity index (χ0v) is 13.9. The molecule has 1 N–H and O–H groups in total. The average molecular weight is 325 g/mol. The minimum atomic E-state index is -0.470. The van der Waals surface area contributed by atoms with Crippen LogP contribution in [-0.4, -0.2) is 16.5 Å². The highest BCUT2D eigenvalue weighted by Gasteiger charge is 2.13. The lowest BCUT2D eigenvalue weighted by Crippen LogP contribution is -2.20. The molecule has 24 heavy (non-hydrogen) atoms. The minimum absolute atomic E-state index is 0.0102. The average Bonchev–Trinajstić information content (AvgIpc) is 2.56. The molecule has 0 aliphatic carbocycles. The standard InChI is InChI=1S/C18H19N3O3/c1-4-16(14-7-5-12(2)6-8-14)19-20-18(22)15-9-10-17(21(23)24)13(3)11-15/h5-11H,4H2,1-3H3,(H,20,22)/b19-16+. The zero-order chi connectivity index (χ0) is 17.7. The number of nitrogens with one attached hydrogen (secondary N) is 1. The Morgan fingerprint density at radius 3 is 2.29 bits per heavy atom. The second kappa shape index (κ2) is 7.50.